The second kappa shape index (κ2) is 11.7. The lowest BCUT2D eigenvalue weighted by Gasteiger charge is -2.26. The van der Waals surface area contributed by atoms with Gasteiger partial charge in [-0.05, 0) is 37.5 Å². The molecule has 0 atom stereocenters. The van der Waals surface area contributed by atoms with Crippen molar-refractivity contribution in [2.24, 2.45) is 4.99 Å². The van der Waals surface area contributed by atoms with Crippen LogP contribution in [0.2, 0.25) is 0 Å². The van der Waals surface area contributed by atoms with Gasteiger partial charge in [-0.3, -0.25) is 9.89 Å². The van der Waals surface area contributed by atoms with E-state index in [4.69, 9.17) is 9.47 Å². The van der Waals surface area contributed by atoms with Gasteiger partial charge in [-0.2, -0.15) is 0 Å². The fourth-order valence-electron chi connectivity index (χ4n) is 2.80. The largest absolute Gasteiger partial charge is 0.497 e. The average molecular weight is 348 g/mol. The molecule has 0 amide bonds. The number of nitrogens with one attached hydrogen (secondary N) is 2. The molecule has 2 N–H and O–H groups in total. The minimum Gasteiger partial charge on any atom is -0.497 e. The Bertz CT molecular complexity index is 516. The van der Waals surface area contributed by atoms with Crippen molar-refractivity contribution in [3.05, 3.63) is 29.8 Å². The molecule has 25 heavy (non-hydrogen) atoms. The highest BCUT2D eigenvalue weighted by Crippen LogP contribution is 2.12. The van der Waals surface area contributed by atoms with Crippen LogP contribution in [0.25, 0.3) is 0 Å². The molecule has 1 saturated heterocycles. The van der Waals surface area contributed by atoms with Gasteiger partial charge in [0.1, 0.15) is 5.75 Å². The molecule has 0 aliphatic carbocycles. The van der Waals surface area contributed by atoms with Crippen LogP contribution in [0.1, 0.15) is 18.9 Å². The van der Waals surface area contributed by atoms with E-state index >= 15 is 0 Å². The topological polar surface area (TPSA) is 58.1 Å². The molecule has 1 fully saturated rings. The lowest BCUT2D eigenvalue weighted by atomic mass is 10.1. The molecule has 0 radical (unpaired) electrons. The number of hydrogen-bond donors (Lipinski definition) is 2. The van der Waals surface area contributed by atoms with Gasteiger partial charge in [-0.1, -0.05) is 12.1 Å². The first-order chi connectivity index (χ1) is 12.3. The van der Waals surface area contributed by atoms with Crippen LogP contribution >= 0.6 is 0 Å². The Morgan fingerprint density at radius 3 is 2.88 bits per heavy atom. The molecule has 1 aromatic rings. The molecule has 1 aliphatic heterocycles. The van der Waals surface area contributed by atoms with Crippen molar-refractivity contribution in [1.29, 1.82) is 0 Å². The number of ether oxygens (including phenoxy) is 2. The van der Waals surface area contributed by atoms with Crippen molar-refractivity contribution in [3.8, 4) is 5.75 Å². The van der Waals surface area contributed by atoms with Crippen LogP contribution < -0.4 is 15.4 Å². The number of morpholine rings is 1. The van der Waals surface area contributed by atoms with Gasteiger partial charge in [0, 0.05) is 39.3 Å². The van der Waals surface area contributed by atoms with Gasteiger partial charge in [-0.15, -0.1) is 0 Å². The summed E-state index contributed by atoms with van der Waals surface area (Å²) < 4.78 is 10.6. The monoisotopic (exact) mass is 348 g/mol. The first-order valence-corrected chi connectivity index (χ1v) is 9.27. The molecule has 1 aliphatic rings. The Morgan fingerprint density at radius 1 is 1.28 bits per heavy atom. The maximum Gasteiger partial charge on any atom is 0.191 e. The molecule has 0 bridgehead atoms. The SMILES string of the molecule is CCNC(=NCCCN1CCOCC1)NCCc1cccc(OC)c1. The molecule has 1 heterocycles. The van der Waals surface area contributed by atoms with Crippen LogP contribution in [-0.4, -0.2) is 70.5 Å². The zero-order chi connectivity index (χ0) is 17.7. The van der Waals surface area contributed by atoms with Crippen LogP contribution in [0, 0.1) is 0 Å². The Kier molecular flexibility index (Phi) is 9.15. The average Bonchev–Trinajstić information content (AvgIpc) is 2.66. The number of guanidine groups is 1. The highest BCUT2D eigenvalue weighted by atomic mass is 16.5. The zero-order valence-corrected chi connectivity index (χ0v) is 15.6. The summed E-state index contributed by atoms with van der Waals surface area (Å²) in [6, 6.07) is 8.20. The van der Waals surface area contributed by atoms with Crippen molar-refractivity contribution in [3.63, 3.8) is 0 Å². The zero-order valence-electron chi connectivity index (χ0n) is 15.6. The Hall–Kier alpha value is -1.79. The first kappa shape index (κ1) is 19.5. The molecule has 1 aromatic carbocycles. The van der Waals surface area contributed by atoms with Gasteiger partial charge in [0.25, 0.3) is 0 Å². The number of benzene rings is 1. The molecule has 6 nitrogen and oxygen atoms in total. The lowest BCUT2D eigenvalue weighted by Crippen LogP contribution is -2.39. The third-order valence-corrected chi connectivity index (χ3v) is 4.19. The molecule has 0 unspecified atom stereocenters. The maximum atomic E-state index is 5.37. The van der Waals surface area contributed by atoms with E-state index in [1.54, 1.807) is 7.11 Å². The number of rotatable bonds is 9. The second-order valence-electron chi connectivity index (χ2n) is 6.10. The van der Waals surface area contributed by atoms with E-state index in [9.17, 15) is 0 Å². The molecule has 0 spiro atoms. The summed E-state index contributed by atoms with van der Waals surface area (Å²) >= 11 is 0. The lowest BCUT2D eigenvalue weighted by molar-refractivity contribution is 0.0377. The standard InChI is InChI=1S/C19H32N4O2/c1-3-20-19(21-9-5-11-23-12-14-25-15-13-23)22-10-8-17-6-4-7-18(16-17)24-2/h4,6-7,16H,3,5,8-15H2,1-2H3,(H2,20,21,22). The second-order valence-corrected chi connectivity index (χ2v) is 6.10. The van der Waals surface area contributed by atoms with E-state index in [1.165, 1.54) is 5.56 Å². The van der Waals surface area contributed by atoms with Crippen LogP contribution in [-0.2, 0) is 11.2 Å². The summed E-state index contributed by atoms with van der Waals surface area (Å²) in [6.07, 6.45) is 2.02. The van der Waals surface area contributed by atoms with E-state index in [-0.39, 0.29) is 0 Å². The van der Waals surface area contributed by atoms with Crippen LogP contribution in [0.4, 0.5) is 0 Å². The van der Waals surface area contributed by atoms with Crippen LogP contribution in [0.3, 0.4) is 0 Å². The number of methoxy groups -OCH3 is 1. The van der Waals surface area contributed by atoms with Crippen molar-refractivity contribution in [2.45, 2.75) is 19.8 Å². The predicted octanol–water partition coefficient (Wildman–Crippen LogP) is 1.52. The summed E-state index contributed by atoms with van der Waals surface area (Å²) in [7, 11) is 1.70. The van der Waals surface area contributed by atoms with Gasteiger partial charge in [-0.25, -0.2) is 0 Å². The van der Waals surface area contributed by atoms with Crippen LogP contribution in [0.15, 0.2) is 29.3 Å². The van der Waals surface area contributed by atoms with Crippen molar-refractivity contribution >= 4 is 5.96 Å². The van der Waals surface area contributed by atoms with E-state index in [2.05, 4.69) is 39.6 Å². The molecular formula is C19H32N4O2. The third kappa shape index (κ3) is 7.75. The quantitative estimate of drug-likeness (QED) is 0.403. The summed E-state index contributed by atoms with van der Waals surface area (Å²) in [5.74, 6) is 1.80. The van der Waals surface area contributed by atoms with E-state index in [1.807, 2.05) is 12.1 Å². The van der Waals surface area contributed by atoms with E-state index in [0.29, 0.717) is 0 Å². The number of aliphatic imine (C=N–C) groups is 1. The fraction of sp³-hybridized carbons (Fsp3) is 0.632. The van der Waals surface area contributed by atoms with Gasteiger partial charge in [0.15, 0.2) is 5.96 Å². The van der Waals surface area contributed by atoms with Gasteiger partial charge in [0.05, 0.1) is 20.3 Å². The molecule has 0 aromatic heterocycles. The first-order valence-electron chi connectivity index (χ1n) is 9.27. The smallest absolute Gasteiger partial charge is 0.191 e. The summed E-state index contributed by atoms with van der Waals surface area (Å²) in [5, 5.41) is 6.72. The highest BCUT2D eigenvalue weighted by Gasteiger charge is 2.09. The van der Waals surface area contributed by atoms with E-state index < -0.39 is 0 Å². The van der Waals surface area contributed by atoms with Gasteiger partial charge >= 0.3 is 0 Å². The normalized spacial score (nSPS) is 15.8. The van der Waals surface area contributed by atoms with Crippen molar-refractivity contribution < 1.29 is 9.47 Å². The Balaban J connectivity index is 1.69. The summed E-state index contributed by atoms with van der Waals surface area (Å²) in [6.45, 7) is 9.55. The predicted molar refractivity (Wildman–Crippen MR) is 103 cm³/mol. The molecule has 2 rings (SSSR count). The van der Waals surface area contributed by atoms with Gasteiger partial charge in [0.2, 0.25) is 0 Å². The van der Waals surface area contributed by atoms with Gasteiger partial charge < -0.3 is 20.1 Å². The van der Waals surface area contributed by atoms with Crippen molar-refractivity contribution in [2.75, 3.05) is 59.6 Å². The minimum absolute atomic E-state index is 0.839. The minimum atomic E-state index is 0.839. The molecule has 140 valence electrons. The van der Waals surface area contributed by atoms with Crippen LogP contribution in [0.5, 0.6) is 5.75 Å². The number of nitrogens with zero attached hydrogens (tertiary/aromatic N) is 2. The number of hydrogen-bond acceptors (Lipinski definition) is 4. The van der Waals surface area contributed by atoms with Crippen molar-refractivity contribution in [1.82, 2.24) is 15.5 Å². The summed E-state index contributed by atoms with van der Waals surface area (Å²) in [5.41, 5.74) is 1.26. The molecule has 0 saturated carbocycles. The Labute approximate surface area is 151 Å². The third-order valence-electron chi connectivity index (χ3n) is 4.19. The maximum absolute atomic E-state index is 5.37. The van der Waals surface area contributed by atoms with E-state index in [0.717, 1.165) is 77.0 Å². The highest BCUT2D eigenvalue weighted by molar-refractivity contribution is 5.79. The summed E-state index contributed by atoms with van der Waals surface area (Å²) in [4.78, 5) is 7.12. The molecule has 6 heteroatoms. The Morgan fingerprint density at radius 2 is 2.12 bits per heavy atom. The molecular weight excluding hydrogens is 316 g/mol. The fourth-order valence-corrected chi connectivity index (χ4v) is 2.80.